The average molecular weight is 443 g/mol. The van der Waals surface area contributed by atoms with E-state index in [9.17, 15) is 4.79 Å². The Morgan fingerprint density at radius 3 is 2.64 bits per heavy atom. The Labute approximate surface area is 194 Å². The van der Waals surface area contributed by atoms with Crippen molar-refractivity contribution in [2.45, 2.75) is 45.4 Å². The molecule has 1 aromatic heterocycles. The largest absolute Gasteiger partial charge is 0.457 e. The zero-order chi connectivity index (χ0) is 23.6. The minimum atomic E-state index is -0.104. The summed E-state index contributed by atoms with van der Waals surface area (Å²) in [6, 6.07) is 17.5. The molecule has 3 aromatic rings. The summed E-state index contributed by atoms with van der Waals surface area (Å²) in [5.74, 6) is 1.12. The summed E-state index contributed by atoms with van der Waals surface area (Å²) >= 11 is 0. The van der Waals surface area contributed by atoms with E-state index in [4.69, 9.17) is 15.9 Å². The summed E-state index contributed by atoms with van der Waals surface area (Å²) in [7, 11) is 0. The van der Waals surface area contributed by atoms with Crippen LogP contribution in [0.5, 0.6) is 11.5 Å². The van der Waals surface area contributed by atoms with Crippen LogP contribution in [0.15, 0.2) is 60.8 Å². The van der Waals surface area contributed by atoms with Gasteiger partial charge in [-0.25, -0.2) is 0 Å². The highest BCUT2D eigenvalue weighted by atomic mass is 16.5. The van der Waals surface area contributed by atoms with Gasteiger partial charge in [0, 0.05) is 23.9 Å². The molecule has 2 aromatic carbocycles. The lowest BCUT2D eigenvalue weighted by Gasteiger charge is -2.25. The lowest BCUT2D eigenvalue weighted by Crippen LogP contribution is -2.28. The topological polar surface area (TPSA) is 101 Å². The number of amidine groups is 1. The van der Waals surface area contributed by atoms with Gasteiger partial charge >= 0.3 is 0 Å². The second-order valence-electron chi connectivity index (χ2n) is 9.58. The number of carbonyl (C=O) groups excluding carboxylic acids is 1. The second-order valence-corrected chi connectivity index (χ2v) is 9.58. The van der Waals surface area contributed by atoms with Gasteiger partial charge in [-0.1, -0.05) is 39.0 Å². The number of nitrogen functional groups attached to an aromatic ring is 1. The minimum absolute atomic E-state index is 0.0287. The van der Waals surface area contributed by atoms with E-state index in [1.807, 2.05) is 24.3 Å². The Kier molecular flexibility index (Phi) is 6.18. The number of anilines is 1. The lowest BCUT2D eigenvalue weighted by atomic mass is 9.83. The van der Waals surface area contributed by atoms with Crippen LogP contribution >= 0.6 is 0 Å². The molecule has 0 saturated heterocycles. The number of aryl methyl sites for hydroxylation is 1. The van der Waals surface area contributed by atoms with Gasteiger partial charge in [-0.3, -0.25) is 15.2 Å². The minimum Gasteiger partial charge on any atom is -0.457 e. The zero-order valence-corrected chi connectivity index (χ0v) is 19.3. The molecular formula is C27H30N4O2. The van der Waals surface area contributed by atoms with Gasteiger partial charge in [0.25, 0.3) is 0 Å². The molecule has 0 bridgehead atoms. The first-order valence-corrected chi connectivity index (χ1v) is 11.2. The van der Waals surface area contributed by atoms with Crippen molar-refractivity contribution in [1.82, 2.24) is 4.98 Å². The SMILES string of the molecule is CC(C)(C)c1cccc(NC(=O)C2CCc3ccc(Oc4ccnc(C(=N)N)c4)cc3C2)c1. The van der Waals surface area contributed by atoms with Crippen molar-refractivity contribution in [1.29, 1.82) is 5.41 Å². The smallest absolute Gasteiger partial charge is 0.227 e. The third kappa shape index (κ3) is 5.40. The quantitative estimate of drug-likeness (QED) is 0.373. The maximum Gasteiger partial charge on any atom is 0.227 e. The molecule has 33 heavy (non-hydrogen) atoms. The Balaban J connectivity index is 1.46. The van der Waals surface area contributed by atoms with Gasteiger partial charge in [0.2, 0.25) is 5.91 Å². The van der Waals surface area contributed by atoms with Crippen LogP contribution in [0.2, 0.25) is 0 Å². The highest BCUT2D eigenvalue weighted by Crippen LogP contribution is 2.32. The van der Waals surface area contributed by atoms with Crippen LogP contribution < -0.4 is 15.8 Å². The van der Waals surface area contributed by atoms with Gasteiger partial charge in [-0.2, -0.15) is 0 Å². The number of aromatic nitrogens is 1. The summed E-state index contributed by atoms with van der Waals surface area (Å²) in [5.41, 5.74) is 10.3. The van der Waals surface area contributed by atoms with E-state index in [-0.39, 0.29) is 23.1 Å². The number of rotatable bonds is 5. The Bertz CT molecular complexity index is 1200. The van der Waals surface area contributed by atoms with Crippen LogP contribution in [-0.4, -0.2) is 16.7 Å². The van der Waals surface area contributed by atoms with E-state index < -0.39 is 0 Å². The van der Waals surface area contributed by atoms with Gasteiger partial charge in [-0.15, -0.1) is 0 Å². The molecule has 1 unspecified atom stereocenters. The third-order valence-electron chi connectivity index (χ3n) is 6.02. The van der Waals surface area contributed by atoms with Crippen LogP contribution in [0.25, 0.3) is 0 Å². The molecule has 0 spiro atoms. The van der Waals surface area contributed by atoms with Crippen molar-refractivity contribution in [2.75, 3.05) is 5.32 Å². The first kappa shape index (κ1) is 22.5. The van der Waals surface area contributed by atoms with E-state index in [0.29, 0.717) is 23.6 Å². The van der Waals surface area contributed by atoms with E-state index >= 15 is 0 Å². The first-order chi connectivity index (χ1) is 15.7. The maximum absolute atomic E-state index is 13.0. The van der Waals surface area contributed by atoms with Crippen LogP contribution in [0, 0.1) is 11.3 Å². The molecule has 0 radical (unpaired) electrons. The van der Waals surface area contributed by atoms with Crippen molar-refractivity contribution in [3.05, 3.63) is 83.2 Å². The van der Waals surface area contributed by atoms with E-state index in [2.05, 4.69) is 49.3 Å². The van der Waals surface area contributed by atoms with Crippen molar-refractivity contribution in [2.24, 2.45) is 11.7 Å². The number of ether oxygens (including phenoxy) is 1. The predicted octanol–water partition coefficient (Wildman–Crippen LogP) is 5.20. The number of benzene rings is 2. The van der Waals surface area contributed by atoms with Crippen LogP contribution in [0.1, 0.15) is 49.6 Å². The fourth-order valence-corrected chi connectivity index (χ4v) is 4.09. The van der Waals surface area contributed by atoms with Gasteiger partial charge in [-0.05, 0) is 71.7 Å². The number of hydrogen-bond acceptors (Lipinski definition) is 4. The monoisotopic (exact) mass is 442 g/mol. The highest BCUT2D eigenvalue weighted by Gasteiger charge is 2.25. The Morgan fingerprint density at radius 2 is 1.88 bits per heavy atom. The molecule has 4 N–H and O–H groups in total. The molecule has 1 aliphatic rings. The zero-order valence-electron chi connectivity index (χ0n) is 19.3. The maximum atomic E-state index is 13.0. The van der Waals surface area contributed by atoms with Gasteiger partial charge < -0.3 is 15.8 Å². The number of amides is 1. The van der Waals surface area contributed by atoms with Crippen molar-refractivity contribution in [3.63, 3.8) is 0 Å². The number of carbonyl (C=O) groups is 1. The molecule has 1 aliphatic carbocycles. The van der Waals surface area contributed by atoms with Gasteiger partial charge in [0.1, 0.15) is 23.0 Å². The number of hydrogen-bond donors (Lipinski definition) is 3. The number of fused-ring (bicyclic) bond motifs is 1. The lowest BCUT2D eigenvalue weighted by molar-refractivity contribution is -0.120. The highest BCUT2D eigenvalue weighted by molar-refractivity contribution is 5.93. The molecule has 6 nitrogen and oxygen atoms in total. The first-order valence-electron chi connectivity index (χ1n) is 11.2. The summed E-state index contributed by atoms with van der Waals surface area (Å²) in [6.07, 6.45) is 3.93. The number of pyridine rings is 1. The Hall–Kier alpha value is -3.67. The molecule has 1 atom stereocenters. The van der Waals surface area contributed by atoms with Crippen molar-refractivity contribution in [3.8, 4) is 11.5 Å². The molecule has 0 fully saturated rings. The molecule has 170 valence electrons. The fraction of sp³-hybridized carbons (Fsp3) is 0.296. The summed E-state index contributed by atoms with van der Waals surface area (Å²) in [4.78, 5) is 17.1. The molecule has 1 heterocycles. The molecule has 1 amide bonds. The van der Waals surface area contributed by atoms with Gasteiger partial charge in [0.15, 0.2) is 0 Å². The molecule has 6 heteroatoms. The predicted molar refractivity (Wildman–Crippen MR) is 131 cm³/mol. The number of nitrogens with two attached hydrogens (primary N) is 1. The summed E-state index contributed by atoms with van der Waals surface area (Å²) in [6.45, 7) is 6.50. The number of nitrogens with one attached hydrogen (secondary N) is 2. The van der Waals surface area contributed by atoms with E-state index in [0.717, 1.165) is 24.1 Å². The van der Waals surface area contributed by atoms with Gasteiger partial charge in [0.05, 0.1) is 0 Å². The van der Waals surface area contributed by atoms with Crippen molar-refractivity contribution < 1.29 is 9.53 Å². The molecule has 4 rings (SSSR count). The van der Waals surface area contributed by atoms with Crippen molar-refractivity contribution >= 4 is 17.4 Å². The second kappa shape index (κ2) is 9.06. The fourth-order valence-electron chi connectivity index (χ4n) is 4.09. The van der Waals surface area contributed by atoms with Crippen LogP contribution in [0.3, 0.4) is 0 Å². The van der Waals surface area contributed by atoms with E-state index in [1.165, 1.54) is 11.1 Å². The standard InChI is InChI=1S/C27H30N4O2/c1-27(2,3)20-5-4-6-21(15-20)31-26(32)18-8-7-17-9-10-22(14-19(17)13-18)33-23-11-12-30-24(16-23)25(28)29/h4-6,9-12,14-16,18H,7-8,13H2,1-3H3,(H3,28,29)(H,31,32). The van der Waals surface area contributed by atoms with E-state index in [1.54, 1.807) is 18.3 Å². The molecule has 0 saturated carbocycles. The average Bonchev–Trinajstić information content (AvgIpc) is 2.78. The molecule has 0 aliphatic heterocycles. The molecular weight excluding hydrogens is 412 g/mol. The van der Waals surface area contributed by atoms with Crippen LogP contribution in [-0.2, 0) is 23.1 Å². The van der Waals surface area contributed by atoms with Crippen LogP contribution in [0.4, 0.5) is 5.69 Å². The third-order valence-corrected chi connectivity index (χ3v) is 6.02. The Morgan fingerprint density at radius 1 is 1.09 bits per heavy atom. The normalized spacial score (nSPS) is 15.4. The summed E-state index contributed by atoms with van der Waals surface area (Å²) < 4.78 is 5.98. The summed E-state index contributed by atoms with van der Waals surface area (Å²) in [5, 5.41) is 10.7. The number of nitrogens with zero attached hydrogens (tertiary/aromatic N) is 1.